The van der Waals surface area contributed by atoms with Gasteiger partial charge in [-0.2, -0.15) is 0 Å². The molecule has 2 aromatic carbocycles. The number of ether oxygens (including phenoxy) is 1. The van der Waals surface area contributed by atoms with Gasteiger partial charge in [0, 0.05) is 13.1 Å². The molecule has 0 heterocycles. The van der Waals surface area contributed by atoms with Gasteiger partial charge in [0.05, 0.1) is 19.1 Å². The van der Waals surface area contributed by atoms with Gasteiger partial charge < -0.3 is 15.0 Å². The normalized spacial score (nSPS) is 12.0. The van der Waals surface area contributed by atoms with E-state index in [9.17, 15) is 22.4 Å². The lowest BCUT2D eigenvalue weighted by atomic mass is 10.1. The van der Waals surface area contributed by atoms with Crippen molar-refractivity contribution in [1.82, 2.24) is 10.2 Å². The Bertz CT molecular complexity index is 1080. The Labute approximate surface area is 194 Å². The molecule has 1 N–H and O–H groups in total. The summed E-state index contributed by atoms with van der Waals surface area (Å²) in [6.45, 7) is 3.41. The Morgan fingerprint density at radius 2 is 1.82 bits per heavy atom. The molecule has 2 rings (SSSR count). The highest BCUT2D eigenvalue weighted by Crippen LogP contribution is 2.21. The first-order valence-electron chi connectivity index (χ1n) is 10.5. The van der Waals surface area contributed by atoms with Crippen LogP contribution in [-0.4, -0.2) is 57.6 Å². The molecule has 33 heavy (non-hydrogen) atoms. The molecule has 2 amide bonds. The number of likely N-dealkylation sites (N-methyl/N-ethyl adjacent to an activating group) is 1. The lowest BCUT2D eigenvalue weighted by molar-refractivity contribution is -0.140. The smallest absolute Gasteiger partial charge is 0.244 e. The van der Waals surface area contributed by atoms with Gasteiger partial charge >= 0.3 is 0 Å². The molecule has 0 saturated carbocycles. The van der Waals surface area contributed by atoms with Crippen molar-refractivity contribution >= 4 is 27.5 Å². The van der Waals surface area contributed by atoms with Crippen molar-refractivity contribution in [2.45, 2.75) is 32.9 Å². The van der Waals surface area contributed by atoms with E-state index in [1.807, 2.05) is 0 Å². The molecule has 0 fully saturated rings. The predicted octanol–water partition coefficient (Wildman–Crippen LogP) is 2.54. The Balaban J connectivity index is 2.44. The SMILES string of the molecule is CCNC(=O)[C@H](CC)N(Cc1cccc(OC)c1)C(=O)CN(c1cccc(F)c1)S(C)(=O)=O. The van der Waals surface area contributed by atoms with E-state index in [0.29, 0.717) is 24.3 Å². The number of hydrogen-bond donors (Lipinski definition) is 1. The molecule has 0 radical (unpaired) electrons. The molecule has 180 valence electrons. The minimum absolute atomic E-state index is 0.0261. The zero-order chi connectivity index (χ0) is 24.6. The van der Waals surface area contributed by atoms with Gasteiger partial charge in [0.1, 0.15) is 24.2 Å². The summed E-state index contributed by atoms with van der Waals surface area (Å²) in [5, 5.41) is 2.72. The molecular weight excluding hydrogens is 449 g/mol. The van der Waals surface area contributed by atoms with Gasteiger partial charge in [0.2, 0.25) is 21.8 Å². The van der Waals surface area contributed by atoms with Gasteiger partial charge in [-0.1, -0.05) is 25.1 Å². The number of nitrogens with one attached hydrogen (secondary N) is 1. The van der Waals surface area contributed by atoms with E-state index < -0.39 is 34.3 Å². The van der Waals surface area contributed by atoms with Gasteiger partial charge in [0.25, 0.3) is 0 Å². The first-order chi connectivity index (χ1) is 15.6. The third-order valence-corrected chi connectivity index (χ3v) is 6.14. The molecular formula is C23H30FN3O5S. The van der Waals surface area contributed by atoms with Gasteiger partial charge in [-0.15, -0.1) is 0 Å². The van der Waals surface area contributed by atoms with Crippen LogP contribution < -0.4 is 14.4 Å². The van der Waals surface area contributed by atoms with Crippen molar-refractivity contribution < 1.29 is 27.1 Å². The van der Waals surface area contributed by atoms with E-state index in [1.165, 1.54) is 30.2 Å². The summed E-state index contributed by atoms with van der Waals surface area (Å²) in [7, 11) is -2.39. The molecule has 0 aliphatic carbocycles. The second kappa shape index (κ2) is 11.6. The van der Waals surface area contributed by atoms with Crippen LogP contribution in [0.1, 0.15) is 25.8 Å². The molecule has 0 bridgehead atoms. The van der Waals surface area contributed by atoms with Crippen molar-refractivity contribution in [3.8, 4) is 5.75 Å². The summed E-state index contributed by atoms with van der Waals surface area (Å²) in [5.74, 6) is -0.974. The number of anilines is 1. The number of benzene rings is 2. The number of carbonyl (C=O) groups is 2. The molecule has 0 aliphatic rings. The highest BCUT2D eigenvalue weighted by molar-refractivity contribution is 7.92. The number of amides is 2. The van der Waals surface area contributed by atoms with Crippen LogP contribution in [0.2, 0.25) is 0 Å². The van der Waals surface area contributed by atoms with E-state index >= 15 is 0 Å². The quantitative estimate of drug-likeness (QED) is 0.534. The van der Waals surface area contributed by atoms with Crippen LogP contribution in [0.15, 0.2) is 48.5 Å². The molecule has 1 atom stereocenters. The Hall–Kier alpha value is -3.14. The van der Waals surface area contributed by atoms with Gasteiger partial charge in [-0.05, 0) is 49.2 Å². The van der Waals surface area contributed by atoms with Gasteiger partial charge in [-0.25, -0.2) is 12.8 Å². The van der Waals surface area contributed by atoms with Crippen LogP contribution in [0.5, 0.6) is 5.75 Å². The summed E-state index contributed by atoms with van der Waals surface area (Å²) in [6.07, 6.45) is 1.26. The van der Waals surface area contributed by atoms with E-state index in [4.69, 9.17) is 4.74 Å². The van der Waals surface area contributed by atoms with Gasteiger partial charge in [-0.3, -0.25) is 13.9 Å². The highest BCUT2D eigenvalue weighted by Gasteiger charge is 2.31. The average Bonchev–Trinajstić information content (AvgIpc) is 2.76. The first kappa shape index (κ1) is 26.1. The Morgan fingerprint density at radius 1 is 1.12 bits per heavy atom. The van der Waals surface area contributed by atoms with Crippen LogP contribution in [0.25, 0.3) is 0 Å². The van der Waals surface area contributed by atoms with E-state index in [2.05, 4.69) is 5.32 Å². The van der Waals surface area contributed by atoms with Crippen molar-refractivity contribution in [2.75, 3.05) is 30.8 Å². The fourth-order valence-electron chi connectivity index (χ4n) is 3.42. The minimum Gasteiger partial charge on any atom is -0.497 e. The monoisotopic (exact) mass is 479 g/mol. The molecule has 0 unspecified atom stereocenters. The lowest BCUT2D eigenvalue weighted by Crippen LogP contribution is -2.52. The topological polar surface area (TPSA) is 96.0 Å². The maximum atomic E-state index is 13.8. The van der Waals surface area contributed by atoms with Gasteiger partial charge in [0.15, 0.2) is 0 Å². The second-order valence-corrected chi connectivity index (χ2v) is 9.35. The van der Waals surface area contributed by atoms with Crippen LogP contribution in [-0.2, 0) is 26.2 Å². The fourth-order valence-corrected chi connectivity index (χ4v) is 4.27. The average molecular weight is 480 g/mol. The molecule has 10 heteroatoms. The zero-order valence-corrected chi connectivity index (χ0v) is 20.1. The molecule has 0 saturated heterocycles. The van der Waals surface area contributed by atoms with Crippen LogP contribution in [0.3, 0.4) is 0 Å². The van der Waals surface area contributed by atoms with Crippen molar-refractivity contribution in [1.29, 1.82) is 0 Å². The molecule has 2 aromatic rings. The molecule has 0 aliphatic heterocycles. The summed E-state index contributed by atoms with van der Waals surface area (Å²) in [4.78, 5) is 27.5. The minimum atomic E-state index is -3.91. The molecule has 0 aromatic heterocycles. The summed E-state index contributed by atoms with van der Waals surface area (Å²) in [5.41, 5.74) is 0.736. The first-order valence-corrected chi connectivity index (χ1v) is 12.4. The number of nitrogens with zero attached hydrogens (tertiary/aromatic N) is 2. The predicted molar refractivity (Wildman–Crippen MR) is 125 cm³/mol. The maximum absolute atomic E-state index is 13.8. The largest absolute Gasteiger partial charge is 0.497 e. The summed E-state index contributed by atoms with van der Waals surface area (Å²) >= 11 is 0. The number of halogens is 1. The van der Waals surface area contributed by atoms with E-state index in [-0.39, 0.29) is 18.1 Å². The number of rotatable bonds is 11. The lowest BCUT2D eigenvalue weighted by Gasteiger charge is -2.32. The number of methoxy groups -OCH3 is 1. The molecule has 0 spiro atoms. The highest BCUT2D eigenvalue weighted by atomic mass is 32.2. The zero-order valence-electron chi connectivity index (χ0n) is 19.2. The summed E-state index contributed by atoms with van der Waals surface area (Å²) in [6, 6.07) is 11.2. The van der Waals surface area contributed by atoms with Crippen LogP contribution in [0, 0.1) is 5.82 Å². The standard InChI is InChI=1S/C23H30FN3O5S/c1-5-21(23(29)25-6-2)26(15-17-9-7-12-20(13-17)32-3)22(28)16-27(33(4,30)31)19-11-8-10-18(24)14-19/h7-14,21H,5-6,15-16H2,1-4H3,(H,25,29)/t21-/m0/s1. The Morgan fingerprint density at radius 3 is 2.39 bits per heavy atom. The Kier molecular flexibility index (Phi) is 9.22. The number of hydrogen-bond acceptors (Lipinski definition) is 5. The third kappa shape index (κ3) is 7.18. The van der Waals surface area contributed by atoms with E-state index in [1.54, 1.807) is 38.1 Å². The van der Waals surface area contributed by atoms with Crippen LogP contribution >= 0.6 is 0 Å². The third-order valence-electron chi connectivity index (χ3n) is 5.00. The van der Waals surface area contributed by atoms with E-state index in [0.717, 1.165) is 16.6 Å². The fraction of sp³-hybridized carbons (Fsp3) is 0.391. The van der Waals surface area contributed by atoms with Crippen molar-refractivity contribution in [3.63, 3.8) is 0 Å². The van der Waals surface area contributed by atoms with Crippen molar-refractivity contribution in [3.05, 3.63) is 59.9 Å². The summed E-state index contributed by atoms with van der Waals surface area (Å²) < 4.78 is 44.8. The second-order valence-electron chi connectivity index (χ2n) is 7.44. The van der Waals surface area contributed by atoms with Crippen molar-refractivity contribution in [2.24, 2.45) is 0 Å². The number of carbonyl (C=O) groups excluding carboxylic acids is 2. The van der Waals surface area contributed by atoms with Crippen LogP contribution in [0.4, 0.5) is 10.1 Å². The molecule has 8 nitrogen and oxygen atoms in total. The number of sulfonamides is 1. The maximum Gasteiger partial charge on any atom is 0.244 e.